The number of benzene rings is 1. The van der Waals surface area contributed by atoms with Crippen molar-refractivity contribution in [2.45, 2.75) is 6.92 Å². The van der Waals surface area contributed by atoms with Gasteiger partial charge >= 0.3 is 5.97 Å². The van der Waals surface area contributed by atoms with Crippen molar-refractivity contribution in [3.8, 4) is 5.75 Å². The molecule has 1 heterocycles. The van der Waals surface area contributed by atoms with Gasteiger partial charge in [-0.25, -0.2) is 4.79 Å². The Morgan fingerprint density at radius 3 is 2.56 bits per heavy atom. The second-order valence-electron chi connectivity index (χ2n) is 4.03. The molecule has 5 heteroatoms. The van der Waals surface area contributed by atoms with Crippen molar-refractivity contribution < 1.29 is 14.3 Å². The molecule has 0 radical (unpaired) electrons. The van der Waals surface area contributed by atoms with Gasteiger partial charge in [-0.2, -0.15) is 0 Å². The third-order valence-corrected chi connectivity index (χ3v) is 3.58. The highest BCUT2D eigenvalue weighted by atomic mass is 35.5. The predicted molar refractivity (Wildman–Crippen MR) is 70.6 cm³/mol. The summed E-state index contributed by atoms with van der Waals surface area (Å²) in [6.45, 7) is 1.88. The Balaban J connectivity index is 2.80. The van der Waals surface area contributed by atoms with Crippen LogP contribution < -0.4 is 4.74 Å². The Kier molecular flexibility index (Phi) is 3.22. The van der Waals surface area contributed by atoms with Crippen molar-refractivity contribution in [1.82, 2.24) is 4.57 Å². The van der Waals surface area contributed by atoms with Crippen molar-refractivity contribution in [3.05, 3.63) is 28.4 Å². The number of carbonyl (C=O) groups excluding carboxylic acids is 1. The lowest BCUT2D eigenvalue weighted by Crippen LogP contribution is -2.06. The van der Waals surface area contributed by atoms with E-state index in [-0.39, 0.29) is 5.97 Å². The van der Waals surface area contributed by atoms with Crippen LogP contribution in [0.1, 0.15) is 16.1 Å². The molecule has 0 saturated carbocycles. The number of fused-ring (bicyclic) bond motifs is 1. The normalized spacial score (nSPS) is 10.7. The number of ether oxygens (including phenoxy) is 2. The molecule has 0 aliphatic rings. The molecule has 0 amide bonds. The summed E-state index contributed by atoms with van der Waals surface area (Å²) in [7, 11) is 4.74. The Morgan fingerprint density at radius 2 is 2.00 bits per heavy atom. The Hall–Kier alpha value is -1.68. The molecule has 0 N–H and O–H groups in total. The molecule has 0 aliphatic carbocycles. The van der Waals surface area contributed by atoms with Gasteiger partial charge in [-0.15, -0.1) is 0 Å². The molecular formula is C13H14ClNO3. The summed E-state index contributed by atoms with van der Waals surface area (Å²) >= 11 is 6.30. The van der Waals surface area contributed by atoms with E-state index in [4.69, 9.17) is 21.1 Å². The van der Waals surface area contributed by atoms with Crippen molar-refractivity contribution in [2.24, 2.45) is 7.05 Å². The number of rotatable bonds is 2. The van der Waals surface area contributed by atoms with Crippen LogP contribution in [0.2, 0.25) is 5.02 Å². The van der Waals surface area contributed by atoms with Gasteiger partial charge in [-0.3, -0.25) is 0 Å². The molecule has 2 rings (SSSR count). The van der Waals surface area contributed by atoms with Crippen LogP contribution in [0.4, 0.5) is 0 Å². The van der Waals surface area contributed by atoms with Crippen molar-refractivity contribution in [2.75, 3.05) is 14.2 Å². The lowest BCUT2D eigenvalue weighted by atomic mass is 10.1. The van der Waals surface area contributed by atoms with E-state index in [0.29, 0.717) is 16.5 Å². The van der Waals surface area contributed by atoms with Crippen LogP contribution in [-0.4, -0.2) is 24.8 Å². The minimum atomic E-state index is -0.388. The molecular weight excluding hydrogens is 254 g/mol. The summed E-state index contributed by atoms with van der Waals surface area (Å²) in [5.41, 5.74) is 2.15. The Morgan fingerprint density at radius 1 is 1.33 bits per heavy atom. The van der Waals surface area contributed by atoms with Crippen molar-refractivity contribution in [3.63, 3.8) is 0 Å². The number of nitrogens with zero attached hydrogens (tertiary/aromatic N) is 1. The summed E-state index contributed by atoms with van der Waals surface area (Å²) in [6.07, 6.45) is 0. The fraction of sp³-hybridized carbons (Fsp3) is 0.308. The molecule has 1 aromatic carbocycles. The van der Waals surface area contributed by atoms with Gasteiger partial charge in [0.05, 0.1) is 24.8 Å². The van der Waals surface area contributed by atoms with Crippen LogP contribution in [0, 0.1) is 6.92 Å². The van der Waals surface area contributed by atoms with Crippen LogP contribution in [0.5, 0.6) is 5.75 Å². The highest BCUT2D eigenvalue weighted by Gasteiger charge is 2.18. The predicted octanol–water partition coefficient (Wildman–Crippen LogP) is 2.94. The number of carbonyl (C=O) groups is 1. The third kappa shape index (κ3) is 1.73. The minimum absolute atomic E-state index is 0.388. The largest absolute Gasteiger partial charge is 0.496 e. The zero-order valence-corrected chi connectivity index (χ0v) is 11.5. The molecule has 0 spiro atoms. The number of methoxy groups -OCH3 is 2. The fourth-order valence-electron chi connectivity index (χ4n) is 2.02. The SMILES string of the molecule is COC(=O)c1cc2c(Cl)c(C)c(OC)cc2n1C. The molecule has 0 bridgehead atoms. The van der Waals surface area contributed by atoms with Gasteiger partial charge in [0.25, 0.3) is 0 Å². The number of aryl methyl sites for hydroxylation is 1. The molecule has 0 fully saturated rings. The second kappa shape index (κ2) is 4.53. The quantitative estimate of drug-likeness (QED) is 0.786. The van der Waals surface area contributed by atoms with Crippen LogP contribution in [0.3, 0.4) is 0 Å². The lowest BCUT2D eigenvalue weighted by Gasteiger charge is -2.08. The Bertz CT molecular complexity index is 631. The maximum absolute atomic E-state index is 11.6. The van der Waals surface area contributed by atoms with Gasteiger partial charge in [0, 0.05) is 24.1 Å². The molecule has 1 aromatic heterocycles. The molecule has 2 aromatic rings. The van der Waals surface area contributed by atoms with E-state index < -0.39 is 0 Å². The van der Waals surface area contributed by atoms with Crippen LogP contribution in [0.15, 0.2) is 12.1 Å². The molecule has 0 atom stereocenters. The van der Waals surface area contributed by atoms with Gasteiger partial charge < -0.3 is 14.0 Å². The van der Waals surface area contributed by atoms with Gasteiger partial charge in [0.15, 0.2) is 0 Å². The molecule has 0 aliphatic heterocycles. The smallest absolute Gasteiger partial charge is 0.354 e. The van der Waals surface area contributed by atoms with Gasteiger partial charge in [-0.05, 0) is 13.0 Å². The first-order chi connectivity index (χ1) is 8.51. The van der Waals surface area contributed by atoms with Gasteiger partial charge in [0.1, 0.15) is 11.4 Å². The van der Waals surface area contributed by atoms with E-state index in [1.54, 1.807) is 24.8 Å². The summed E-state index contributed by atoms with van der Waals surface area (Å²) < 4.78 is 11.8. The summed E-state index contributed by atoms with van der Waals surface area (Å²) in [5.74, 6) is 0.312. The number of hydrogen-bond donors (Lipinski definition) is 0. The first kappa shape index (κ1) is 12.8. The van der Waals surface area contributed by atoms with E-state index in [9.17, 15) is 4.79 Å². The van der Waals surface area contributed by atoms with Crippen molar-refractivity contribution in [1.29, 1.82) is 0 Å². The number of aromatic nitrogens is 1. The molecule has 18 heavy (non-hydrogen) atoms. The van der Waals surface area contributed by atoms with Crippen LogP contribution >= 0.6 is 11.6 Å². The summed E-state index contributed by atoms with van der Waals surface area (Å²) in [4.78, 5) is 11.6. The average molecular weight is 268 g/mol. The lowest BCUT2D eigenvalue weighted by molar-refractivity contribution is 0.0590. The highest BCUT2D eigenvalue weighted by Crippen LogP contribution is 2.35. The zero-order valence-electron chi connectivity index (χ0n) is 10.7. The third-order valence-electron chi connectivity index (χ3n) is 3.10. The van der Waals surface area contributed by atoms with E-state index in [0.717, 1.165) is 16.5 Å². The molecule has 0 saturated heterocycles. The standard InChI is InChI=1S/C13H14ClNO3/c1-7-11(17-3)6-9-8(12(7)14)5-10(15(9)2)13(16)18-4/h5-6H,1-4H3. The van der Waals surface area contributed by atoms with E-state index in [1.165, 1.54) is 7.11 Å². The topological polar surface area (TPSA) is 40.5 Å². The van der Waals surface area contributed by atoms with Gasteiger partial charge in [0.2, 0.25) is 0 Å². The number of esters is 1. The van der Waals surface area contributed by atoms with E-state index in [2.05, 4.69) is 0 Å². The van der Waals surface area contributed by atoms with Crippen LogP contribution in [0.25, 0.3) is 10.9 Å². The first-order valence-electron chi connectivity index (χ1n) is 5.42. The molecule has 96 valence electrons. The molecule has 4 nitrogen and oxygen atoms in total. The summed E-state index contributed by atoms with van der Waals surface area (Å²) in [5, 5.41) is 1.41. The van der Waals surface area contributed by atoms with Crippen LogP contribution in [-0.2, 0) is 11.8 Å². The first-order valence-corrected chi connectivity index (χ1v) is 5.79. The monoisotopic (exact) mass is 267 g/mol. The fourth-order valence-corrected chi connectivity index (χ4v) is 2.27. The summed E-state index contributed by atoms with van der Waals surface area (Å²) in [6, 6.07) is 3.60. The number of hydrogen-bond acceptors (Lipinski definition) is 3. The minimum Gasteiger partial charge on any atom is -0.496 e. The van der Waals surface area contributed by atoms with E-state index in [1.807, 2.05) is 13.0 Å². The second-order valence-corrected chi connectivity index (χ2v) is 4.41. The Labute approximate surface area is 110 Å². The van der Waals surface area contributed by atoms with E-state index >= 15 is 0 Å². The maximum Gasteiger partial charge on any atom is 0.354 e. The highest BCUT2D eigenvalue weighted by molar-refractivity contribution is 6.36. The zero-order chi connectivity index (χ0) is 13.4. The van der Waals surface area contributed by atoms with Gasteiger partial charge in [-0.1, -0.05) is 11.6 Å². The number of halogens is 1. The maximum atomic E-state index is 11.6. The average Bonchev–Trinajstić information content (AvgIpc) is 2.70. The molecule has 0 unspecified atom stereocenters. The van der Waals surface area contributed by atoms with Crippen molar-refractivity contribution >= 4 is 28.5 Å².